The summed E-state index contributed by atoms with van der Waals surface area (Å²) in [4.78, 5) is 37.7. The Kier molecular flexibility index (Phi) is 8.55. The van der Waals surface area contributed by atoms with E-state index in [1.54, 1.807) is 0 Å². The highest BCUT2D eigenvalue weighted by molar-refractivity contribution is 5.69. The predicted octanol–water partition coefficient (Wildman–Crippen LogP) is -0.197. The number of aliphatic hydroxyl groups is 2. The van der Waals surface area contributed by atoms with Crippen LogP contribution in [0.1, 0.15) is 51.2 Å². The van der Waals surface area contributed by atoms with Gasteiger partial charge < -0.3 is 30.5 Å². The van der Waals surface area contributed by atoms with Crippen LogP contribution in [-0.4, -0.2) is 61.7 Å². The number of hydrogen-bond donors (Lipinski definition) is 4. The van der Waals surface area contributed by atoms with Crippen molar-refractivity contribution in [1.82, 2.24) is 9.55 Å². The maximum atomic E-state index is 11.9. The largest absolute Gasteiger partial charge is 0.481 e. The van der Waals surface area contributed by atoms with E-state index in [2.05, 4.69) is 4.98 Å². The summed E-state index contributed by atoms with van der Waals surface area (Å²) < 4.78 is 11.6. The Morgan fingerprint density at radius 2 is 1.79 bits per heavy atom. The van der Waals surface area contributed by atoms with Crippen LogP contribution in [0.5, 0.6) is 0 Å². The van der Waals surface area contributed by atoms with Crippen LogP contribution in [0.25, 0.3) is 0 Å². The zero-order chi connectivity index (χ0) is 21.4. The van der Waals surface area contributed by atoms with Gasteiger partial charge in [-0.3, -0.25) is 14.2 Å². The first kappa shape index (κ1) is 22.8. The smallest absolute Gasteiger partial charge is 0.351 e. The summed E-state index contributed by atoms with van der Waals surface area (Å²) in [6, 6.07) is 1.36. The number of carbonyl (C=O) groups excluding carboxylic acids is 1. The van der Waals surface area contributed by atoms with Gasteiger partial charge in [-0.25, -0.2) is 4.79 Å². The van der Waals surface area contributed by atoms with Crippen molar-refractivity contribution in [1.29, 1.82) is 0 Å². The molecule has 1 fully saturated rings. The Labute approximate surface area is 167 Å². The summed E-state index contributed by atoms with van der Waals surface area (Å²) in [6.45, 7) is -0.261. The van der Waals surface area contributed by atoms with Crippen LogP contribution in [0.4, 0.5) is 5.82 Å². The van der Waals surface area contributed by atoms with Crippen molar-refractivity contribution in [3.8, 4) is 0 Å². The molecule has 29 heavy (non-hydrogen) atoms. The maximum absolute atomic E-state index is 11.9. The highest BCUT2D eigenvalue weighted by Gasteiger charge is 2.44. The molecule has 0 spiro atoms. The number of unbranched alkanes of at least 4 members (excludes halogenated alkanes) is 4. The molecule has 5 N–H and O–H groups in total. The zero-order valence-corrected chi connectivity index (χ0v) is 16.0. The van der Waals surface area contributed by atoms with Gasteiger partial charge in [0, 0.05) is 19.0 Å². The first-order chi connectivity index (χ1) is 13.8. The topological polar surface area (TPSA) is 174 Å². The van der Waals surface area contributed by atoms with Crippen LogP contribution in [0.15, 0.2) is 17.1 Å². The zero-order valence-electron chi connectivity index (χ0n) is 16.0. The summed E-state index contributed by atoms with van der Waals surface area (Å²) in [6.07, 6.45) is 0.391. The molecule has 0 aliphatic carbocycles. The molecule has 1 aromatic rings. The lowest BCUT2D eigenvalue weighted by Gasteiger charge is -2.16. The minimum Gasteiger partial charge on any atom is -0.481 e. The first-order valence-corrected chi connectivity index (χ1v) is 9.53. The molecule has 162 valence electrons. The van der Waals surface area contributed by atoms with Crippen LogP contribution >= 0.6 is 0 Å². The van der Waals surface area contributed by atoms with E-state index in [9.17, 15) is 24.6 Å². The lowest BCUT2D eigenvalue weighted by molar-refractivity contribution is -0.150. The number of aliphatic carboxylic acids is 1. The van der Waals surface area contributed by atoms with E-state index in [0.717, 1.165) is 23.8 Å². The van der Waals surface area contributed by atoms with Crippen molar-refractivity contribution < 1.29 is 34.4 Å². The fraction of sp³-hybridized carbons (Fsp3) is 0.667. The van der Waals surface area contributed by atoms with Crippen LogP contribution < -0.4 is 11.4 Å². The van der Waals surface area contributed by atoms with Crippen molar-refractivity contribution >= 4 is 17.8 Å². The van der Waals surface area contributed by atoms with Crippen LogP contribution in [0.2, 0.25) is 0 Å². The van der Waals surface area contributed by atoms with E-state index in [-0.39, 0.29) is 25.3 Å². The van der Waals surface area contributed by atoms with Gasteiger partial charge in [-0.05, 0) is 18.9 Å². The number of anilines is 1. The minimum atomic E-state index is -1.40. The van der Waals surface area contributed by atoms with Gasteiger partial charge in [0.1, 0.15) is 30.7 Å². The predicted molar refractivity (Wildman–Crippen MR) is 99.7 cm³/mol. The number of carboxylic acid groups (broad SMARTS) is 1. The van der Waals surface area contributed by atoms with Gasteiger partial charge in [-0.1, -0.05) is 19.3 Å². The summed E-state index contributed by atoms with van der Waals surface area (Å²) in [5, 5.41) is 28.8. The van der Waals surface area contributed by atoms with Gasteiger partial charge in [0.05, 0.1) is 0 Å². The van der Waals surface area contributed by atoms with Crippen molar-refractivity contribution in [2.24, 2.45) is 0 Å². The summed E-state index contributed by atoms with van der Waals surface area (Å²) in [7, 11) is 0. The quantitative estimate of drug-likeness (QED) is 0.281. The van der Waals surface area contributed by atoms with Gasteiger partial charge in [0.15, 0.2) is 6.23 Å². The van der Waals surface area contributed by atoms with Gasteiger partial charge in [-0.2, -0.15) is 4.98 Å². The average Bonchev–Trinajstić information content (AvgIpc) is 2.93. The molecule has 0 bridgehead atoms. The van der Waals surface area contributed by atoms with Gasteiger partial charge in [0.25, 0.3) is 0 Å². The molecule has 2 rings (SSSR count). The molecule has 1 saturated heterocycles. The van der Waals surface area contributed by atoms with Crippen LogP contribution in [-0.2, 0) is 19.1 Å². The van der Waals surface area contributed by atoms with Crippen molar-refractivity contribution in [3.63, 3.8) is 0 Å². The summed E-state index contributed by atoms with van der Waals surface area (Å²) in [5.74, 6) is -1.25. The van der Waals surface area contributed by atoms with E-state index < -0.39 is 42.2 Å². The molecular formula is C18H27N3O8. The third-order valence-corrected chi connectivity index (χ3v) is 4.64. The molecule has 4 atom stereocenters. The van der Waals surface area contributed by atoms with E-state index in [1.165, 1.54) is 12.3 Å². The van der Waals surface area contributed by atoms with E-state index in [4.69, 9.17) is 20.3 Å². The number of aromatic nitrogens is 2. The molecule has 0 unspecified atom stereocenters. The molecule has 0 amide bonds. The average molecular weight is 413 g/mol. The van der Waals surface area contributed by atoms with Crippen molar-refractivity contribution in [2.75, 3.05) is 12.3 Å². The van der Waals surface area contributed by atoms with E-state index in [1.807, 2.05) is 0 Å². The van der Waals surface area contributed by atoms with Gasteiger partial charge in [-0.15, -0.1) is 0 Å². The van der Waals surface area contributed by atoms with E-state index in [0.29, 0.717) is 12.8 Å². The molecule has 1 aromatic heterocycles. The number of carboxylic acids is 1. The Balaban J connectivity index is 1.71. The Morgan fingerprint density at radius 3 is 2.45 bits per heavy atom. The molecule has 0 saturated carbocycles. The lowest BCUT2D eigenvalue weighted by atomic mass is 10.1. The molecule has 2 heterocycles. The number of carbonyl (C=O) groups is 2. The summed E-state index contributed by atoms with van der Waals surface area (Å²) in [5.41, 5.74) is 4.69. The Morgan fingerprint density at radius 1 is 1.14 bits per heavy atom. The third-order valence-electron chi connectivity index (χ3n) is 4.64. The maximum Gasteiger partial charge on any atom is 0.351 e. The van der Waals surface area contributed by atoms with Gasteiger partial charge in [0.2, 0.25) is 0 Å². The van der Waals surface area contributed by atoms with Crippen LogP contribution in [0, 0.1) is 0 Å². The van der Waals surface area contributed by atoms with E-state index >= 15 is 0 Å². The molecule has 0 radical (unpaired) electrons. The molecule has 0 aromatic carbocycles. The minimum absolute atomic E-state index is 0.0200. The molecule has 11 nitrogen and oxygen atoms in total. The number of nitrogens with two attached hydrogens (primary N) is 1. The second-order valence-corrected chi connectivity index (χ2v) is 6.93. The SMILES string of the molecule is Nc1ccn([C@@H]2O[C@H](COC(=O)CCCCCCCC(=O)O)[C@@H](O)[C@@H]2O)c(=O)n1. The molecule has 1 aliphatic heterocycles. The lowest BCUT2D eigenvalue weighted by Crippen LogP contribution is -2.36. The second kappa shape index (κ2) is 10.9. The summed E-state index contributed by atoms with van der Waals surface area (Å²) >= 11 is 0. The standard InChI is InChI=1S/C18H27N3O8/c19-12-8-9-21(18(27)20-12)17-16(26)15(25)11(29-17)10-28-14(24)7-5-3-1-2-4-6-13(22)23/h8-9,11,15-17,25-26H,1-7,10H2,(H,22,23)(H2,19,20,27)/t11-,15-,16+,17-/m1/s1. The van der Waals surface area contributed by atoms with Crippen molar-refractivity contribution in [2.45, 2.75) is 69.5 Å². The number of esters is 1. The molecule has 1 aliphatic rings. The number of nitrogen functional groups attached to an aromatic ring is 1. The fourth-order valence-electron chi connectivity index (χ4n) is 3.04. The Bertz CT molecular complexity index is 753. The number of hydrogen-bond acceptors (Lipinski definition) is 9. The number of nitrogens with zero attached hydrogens (tertiary/aromatic N) is 2. The van der Waals surface area contributed by atoms with Crippen LogP contribution in [0.3, 0.4) is 0 Å². The highest BCUT2D eigenvalue weighted by Crippen LogP contribution is 2.28. The highest BCUT2D eigenvalue weighted by atomic mass is 16.6. The molecule has 11 heteroatoms. The fourth-order valence-corrected chi connectivity index (χ4v) is 3.04. The molecular weight excluding hydrogens is 386 g/mol. The van der Waals surface area contributed by atoms with Gasteiger partial charge >= 0.3 is 17.6 Å². The third kappa shape index (κ3) is 6.80. The normalized spacial score (nSPS) is 23.8. The number of ether oxygens (including phenoxy) is 2. The number of aliphatic hydroxyl groups excluding tert-OH is 2. The van der Waals surface area contributed by atoms with Crippen molar-refractivity contribution in [3.05, 3.63) is 22.7 Å². The second-order valence-electron chi connectivity index (χ2n) is 6.93. The Hall–Kier alpha value is -2.50. The number of rotatable bonds is 11. The monoisotopic (exact) mass is 413 g/mol. The first-order valence-electron chi connectivity index (χ1n) is 9.53.